The Bertz CT molecular complexity index is 766. The third kappa shape index (κ3) is 7.12. The van der Waals surface area contributed by atoms with E-state index in [1.54, 1.807) is 18.2 Å². The van der Waals surface area contributed by atoms with E-state index in [0.29, 0.717) is 47.5 Å². The van der Waals surface area contributed by atoms with Crippen molar-refractivity contribution in [3.05, 3.63) is 33.8 Å². The van der Waals surface area contributed by atoms with E-state index in [1.165, 1.54) is 4.31 Å². The second-order valence-corrected chi connectivity index (χ2v) is 10.6. The van der Waals surface area contributed by atoms with Crippen molar-refractivity contribution in [3.63, 3.8) is 0 Å². The van der Waals surface area contributed by atoms with Crippen molar-refractivity contribution in [2.24, 2.45) is 11.8 Å². The number of piperidine rings is 1. The van der Waals surface area contributed by atoms with Crippen LogP contribution in [0.4, 0.5) is 0 Å². The lowest BCUT2D eigenvalue weighted by Crippen LogP contribution is -2.46. The lowest BCUT2D eigenvalue weighted by molar-refractivity contribution is -0.126. The van der Waals surface area contributed by atoms with Gasteiger partial charge in [0.15, 0.2) is 0 Å². The molecule has 2 rings (SSSR count). The Labute approximate surface area is 185 Å². The number of hydrogen-bond acceptors (Lipinski definition) is 3. The van der Waals surface area contributed by atoms with E-state index < -0.39 is 10.0 Å². The highest BCUT2D eigenvalue weighted by Gasteiger charge is 2.33. The fourth-order valence-electron chi connectivity index (χ4n) is 3.69. The number of hydrogen-bond donors (Lipinski definition) is 1. The Hall–Kier alpha value is -0.820. The van der Waals surface area contributed by atoms with Crippen LogP contribution in [0.1, 0.15) is 57.9 Å². The zero-order valence-electron chi connectivity index (χ0n) is 17.3. The normalized spacial score (nSPS) is 19.1. The number of carbonyl (C=O) groups is 1. The zero-order chi connectivity index (χ0) is 21.4. The quantitative estimate of drug-likeness (QED) is 0.539. The lowest BCUT2D eigenvalue weighted by atomic mass is 9.96. The van der Waals surface area contributed by atoms with Gasteiger partial charge in [0.1, 0.15) is 0 Å². The van der Waals surface area contributed by atoms with Crippen LogP contribution < -0.4 is 5.32 Å². The summed E-state index contributed by atoms with van der Waals surface area (Å²) in [7, 11) is -3.61. The molecular formula is C21H32Cl2N2O3S. The number of sulfonamides is 1. The van der Waals surface area contributed by atoms with E-state index in [0.717, 1.165) is 25.7 Å². The molecule has 1 heterocycles. The first-order valence-electron chi connectivity index (χ1n) is 10.5. The van der Waals surface area contributed by atoms with E-state index in [4.69, 9.17) is 23.2 Å². The molecule has 164 valence electrons. The second-order valence-electron chi connectivity index (χ2n) is 7.82. The van der Waals surface area contributed by atoms with Gasteiger partial charge in [-0.25, -0.2) is 12.7 Å². The van der Waals surface area contributed by atoms with Crippen molar-refractivity contribution in [2.75, 3.05) is 19.6 Å². The number of amides is 1. The van der Waals surface area contributed by atoms with Crippen LogP contribution in [-0.2, 0) is 20.6 Å². The van der Waals surface area contributed by atoms with Gasteiger partial charge in [0, 0.05) is 35.2 Å². The van der Waals surface area contributed by atoms with E-state index >= 15 is 0 Å². The molecule has 1 aromatic rings. The Morgan fingerprint density at radius 1 is 1.28 bits per heavy atom. The van der Waals surface area contributed by atoms with Gasteiger partial charge in [-0.05, 0) is 37.3 Å². The number of unbranched alkanes of at least 4 members (excludes halogenated alkanes) is 1. The van der Waals surface area contributed by atoms with Crippen molar-refractivity contribution in [2.45, 2.75) is 58.1 Å². The molecular weight excluding hydrogens is 431 g/mol. The number of rotatable bonds is 10. The predicted octanol–water partition coefficient (Wildman–Crippen LogP) is 4.87. The standard InChI is InChI=1S/C21H32Cl2N2O3S/c1-3-5-8-16(4-2)13-24-21(26)17-9-7-12-25(14-17)29(27,28)15-18-19(22)10-6-11-20(18)23/h6,10-11,16-17H,3-5,7-9,12-15H2,1-2H3,(H,24,26)/t16-,17+/m1/s1. The van der Waals surface area contributed by atoms with Crippen molar-refractivity contribution in [1.29, 1.82) is 0 Å². The summed E-state index contributed by atoms with van der Waals surface area (Å²) in [6.45, 7) is 5.59. The van der Waals surface area contributed by atoms with Gasteiger partial charge in [0.25, 0.3) is 0 Å². The average molecular weight is 463 g/mol. The maximum Gasteiger partial charge on any atom is 0.224 e. The van der Waals surface area contributed by atoms with Crippen molar-refractivity contribution in [3.8, 4) is 0 Å². The lowest BCUT2D eigenvalue weighted by Gasteiger charge is -2.31. The molecule has 0 radical (unpaired) electrons. The van der Waals surface area contributed by atoms with Crippen LogP contribution in [0.15, 0.2) is 18.2 Å². The summed E-state index contributed by atoms with van der Waals surface area (Å²) in [5.41, 5.74) is 0.407. The van der Waals surface area contributed by atoms with Gasteiger partial charge in [-0.15, -0.1) is 0 Å². The molecule has 1 amide bonds. The number of benzene rings is 1. The molecule has 1 fully saturated rings. The highest BCUT2D eigenvalue weighted by atomic mass is 35.5. The molecule has 0 saturated carbocycles. The van der Waals surface area contributed by atoms with E-state index in [-0.39, 0.29) is 24.1 Å². The van der Waals surface area contributed by atoms with Crippen LogP contribution in [-0.4, -0.2) is 38.3 Å². The molecule has 1 aromatic carbocycles. The molecule has 0 spiro atoms. The Balaban J connectivity index is 1.97. The van der Waals surface area contributed by atoms with Gasteiger partial charge in [0.2, 0.25) is 15.9 Å². The molecule has 5 nitrogen and oxygen atoms in total. The van der Waals surface area contributed by atoms with Crippen LogP contribution in [0.25, 0.3) is 0 Å². The van der Waals surface area contributed by atoms with Gasteiger partial charge >= 0.3 is 0 Å². The highest BCUT2D eigenvalue weighted by molar-refractivity contribution is 7.88. The van der Waals surface area contributed by atoms with Crippen LogP contribution >= 0.6 is 23.2 Å². The number of carbonyl (C=O) groups excluding carboxylic acids is 1. The van der Waals surface area contributed by atoms with Crippen LogP contribution in [0.2, 0.25) is 10.0 Å². The summed E-state index contributed by atoms with van der Waals surface area (Å²) in [5.74, 6) is -0.140. The van der Waals surface area contributed by atoms with Crippen LogP contribution in [0.3, 0.4) is 0 Å². The highest BCUT2D eigenvalue weighted by Crippen LogP contribution is 2.29. The molecule has 1 aliphatic heterocycles. The Morgan fingerprint density at radius 2 is 1.97 bits per heavy atom. The largest absolute Gasteiger partial charge is 0.356 e. The van der Waals surface area contributed by atoms with Gasteiger partial charge in [0.05, 0.1) is 11.7 Å². The fourth-order valence-corrected chi connectivity index (χ4v) is 6.05. The summed E-state index contributed by atoms with van der Waals surface area (Å²) in [4.78, 5) is 12.7. The van der Waals surface area contributed by atoms with E-state index in [1.807, 2.05) is 0 Å². The number of nitrogens with zero attached hydrogens (tertiary/aromatic N) is 1. The van der Waals surface area contributed by atoms with E-state index in [9.17, 15) is 13.2 Å². The molecule has 0 bridgehead atoms. The maximum atomic E-state index is 12.9. The van der Waals surface area contributed by atoms with Crippen LogP contribution in [0.5, 0.6) is 0 Å². The number of halogens is 2. The topological polar surface area (TPSA) is 66.5 Å². The van der Waals surface area contributed by atoms with Crippen molar-refractivity contribution >= 4 is 39.1 Å². The second kappa shape index (κ2) is 11.5. The predicted molar refractivity (Wildman–Crippen MR) is 120 cm³/mol. The molecule has 2 atom stereocenters. The molecule has 0 aromatic heterocycles. The molecule has 0 unspecified atom stereocenters. The maximum absolute atomic E-state index is 12.9. The molecule has 0 aliphatic carbocycles. The van der Waals surface area contributed by atoms with Crippen LogP contribution in [0, 0.1) is 11.8 Å². The summed E-state index contributed by atoms with van der Waals surface area (Å²) in [5, 5.41) is 3.73. The SMILES string of the molecule is CCCC[C@@H](CC)CNC(=O)[C@H]1CCCN(S(=O)(=O)Cc2c(Cl)cccc2Cl)C1. The van der Waals surface area contributed by atoms with E-state index in [2.05, 4.69) is 19.2 Å². The van der Waals surface area contributed by atoms with Crippen molar-refractivity contribution < 1.29 is 13.2 Å². The Kier molecular flexibility index (Phi) is 9.73. The number of nitrogens with one attached hydrogen (secondary N) is 1. The summed E-state index contributed by atoms with van der Waals surface area (Å²) in [6.07, 6.45) is 5.82. The molecule has 8 heteroatoms. The van der Waals surface area contributed by atoms with Crippen molar-refractivity contribution in [1.82, 2.24) is 9.62 Å². The minimum atomic E-state index is -3.61. The molecule has 29 heavy (non-hydrogen) atoms. The Morgan fingerprint density at radius 3 is 2.59 bits per heavy atom. The monoisotopic (exact) mass is 462 g/mol. The third-order valence-electron chi connectivity index (χ3n) is 5.64. The zero-order valence-corrected chi connectivity index (χ0v) is 19.6. The summed E-state index contributed by atoms with van der Waals surface area (Å²) < 4.78 is 27.3. The fraction of sp³-hybridized carbons (Fsp3) is 0.667. The molecule has 1 saturated heterocycles. The van der Waals surface area contributed by atoms with Gasteiger partial charge < -0.3 is 5.32 Å². The first kappa shape index (κ1) is 24.4. The molecule has 1 N–H and O–H groups in total. The summed E-state index contributed by atoms with van der Waals surface area (Å²) >= 11 is 12.3. The minimum Gasteiger partial charge on any atom is -0.356 e. The van der Waals surface area contributed by atoms with Gasteiger partial charge in [-0.3, -0.25) is 4.79 Å². The molecule has 1 aliphatic rings. The van der Waals surface area contributed by atoms with Gasteiger partial charge in [-0.2, -0.15) is 0 Å². The summed E-state index contributed by atoms with van der Waals surface area (Å²) in [6, 6.07) is 4.95. The minimum absolute atomic E-state index is 0.0457. The average Bonchev–Trinajstić information content (AvgIpc) is 2.71. The first-order valence-corrected chi connectivity index (χ1v) is 12.8. The van der Waals surface area contributed by atoms with Gasteiger partial charge in [-0.1, -0.05) is 62.4 Å². The third-order valence-corrected chi connectivity index (χ3v) is 8.13. The first-order chi connectivity index (χ1) is 13.8. The smallest absolute Gasteiger partial charge is 0.224 e.